The molecular weight excluding hydrogens is 363 g/mol. The molecule has 1 heterocycles. The van der Waals surface area contributed by atoms with Gasteiger partial charge in [0.1, 0.15) is 5.82 Å². The van der Waals surface area contributed by atoms with Crippen LogP contribution in [-0.2, 0) is 18.3 Å². The van der Waals surface area contributed by atoms with Gasteiger partial charge in [-0.3, -0.25) is 4.79 Å². The van der Waals surface area contributed by atoms with E-state index in [1.807, 2.05) is 48.9 Å². The van der Waals surface area contributed by atoms with Crippen molar-refractivity contribution in [1.82, 2.24) is 20.1 Å². The van der Waals surface area contributed by atoms with Crippen LogP contribution >= 0.6 is 11.8 Å². The van der Waals surface area contributed by atoms with Crippen LogP contribution in [-0.4, -0.2) is 32.5 Å². The number of carbonyl (C=O) groups is 1. The Balaban J connectivity index is 1.56. The number of thioether (sulfide) groups is 1. The van der Waals surface area contributed by atoms with Gasteiger partial charge in [-0.2, -0.15) is 0 Å². The van der Waals surface area contributed by atoms with E-state index in [-0.39, 0.29) is 17.0 Å². The fourth-order valence-corrected chi connectivity index (χ4v) is 3.44. The van der Waals surface area contributed by atoms with Crippen molar-refractivity contribution in [2.45, 2.75) is 23.8 Å². The fraction of sp³-hybridized carbons (Fsp3) is 0.250. The lowest BCUT2D eigenvalue weighted by Crippen LogP contribution is -2.32. The van der Waals surface area contributed by atoms with Gasteiger partial charge < -0.3 is 9.88 Å². The second-order valence-corrected chi connectivity index (χ2v) is 7.47. The SMILES string of the molecule is C[C@H](Sc1nnc(-c2ccc(F)cc2)n1C)C(=O)NCCc1ccccc1. The van der Waals surface area contributed by atoms with Gasteiger partial charge in [0.25, 0.3) is 0 Å². The van der Waals surface area contributed by atoms with Gasteiger partial charge in [0.05, 0.1) is 5.25 Å². The Labute approximate surface area is 162 Å². The molecule has 0 aliphatic carbocycles. The highest BCUT2D eigenvalue weighted by atomic mass is 32.2. The molecule has 7 heteroatoms. The largest absolute Gasteiger partial charge is 0.355 e. The van der Waals surface area contributed by atoms with E-state index in [4.69, 9.17) is 0 Å². The monoisotopic (exact) mass is 384 g/mol. The zero-order valence-corrected chi connectivity index (χ0v) is 16.0. The van der Waals surface area contributed by atoms with Crippen LogP contribution in [0.2, 0.25) is 0 Å². The predicted molar refractivity (Wildman–Crippen MR) is 105 cm³/mol. The van der Waals surface area contributed by atoms with Gasteiger partial charge in [-0.05, 0) is 43.2 Å². The number of aromatic nitrogens is 3. The Morgan fingerprint density at radius 1 is 1.15 bits per heavy atom. The Hall–Kier alpha value is -2.67. The molecule has 140 valence electrons. The Bertz CT molecular complexity index is 896. The lowest BCUT2D eigenvalue weighted by atomic mass is 10.1. The number of benzene rings is 2. The van der Waals surface area contributed by atoms with Crippen molar-refractivity contribution in [1.29, 1.82) is 0 Å². The van der Waals surface area contributed by atoms with E-state index < -0.39 is 0 Å². The second kappa shape index (κ2) is 8.81. The van der Waals surface area contributed by atoms with E-state index in [2.05, 4.69) is 15.5 Å². The molecule has 1 N–H and O–H groups in total. The third-order valence-electron chi connectivity index (χ3n) is 4.14. The third-order valence-corrected chi connectivity index (χ3v) is 5.28. The molecule has 5 nitrogen and oxygen atoms in total. The van der Waals surface area contributed by atoms with Gasteiger partial charge in [0.15, 0.2) is 11.0 Å². The summed E-state index contributed by atoms with van der Waals surface area (Å²) in [6, 6.07) is 16.1. The summed E-state index contributed by atoms with van der Waals surface area (Å²) in [5.74, 6) is 0.299. The number of nitrogens with zero attached hydrogens (tertiary/aromatic N) is 3. The molecule has 1 aromatic heterocycles. The first-order valence-electron chi connectivity index (χ1n) is 8.68. The lowest BCUT2D eigenvalue weighted by Gasteiger charge is -2.11. The molecular formula is C20H21FN4OS. The van der Waals surface area contributed by atoms with Crippen molar-refractivity contribution in [3.05, 3.63) is 66.0 Å². The first-order chi connectivity index (χ1) is 13.0. The van der Waals surface area contributed by atoms with Crippen molar-refractivity contribution < 1.29 is 9.18 Å². The smallest absolute Gasteiger partial charge is 0.233 e. The van der Waals surface area contributed by atoms with Gasteiger partial charge >= 0.3 is 0 Å². The van der Waals surface area contributed by atoms with Crippen LogP contribution in [0.4, 0.5) is 4.39 Å². The van der Waals surface area contributed by atoms with E-state index in [1.165, 1.54) is 29.5 Å². The maximum Gasteiger partial charge on any atom is 0.233 e. The summed E-state index contributed by atoms with van der Waals surface area (Å²) in [5, 5.41) is 11.6. The quantitative estimate of drug-likeness (QED) is 0.634. The topological polar surface area (TPSA) is 59.8 Å². The Morgan fingerprint density at radius 2 is 1.85 bits per heavy atom. The molecule has 0 aliphatic heterocycles. The molecule has 3 aromatic rings. The molecule has 0 saturated carbocycles. The van der Waals surface area contributed by atoms with Crippen LogP contribution in [0.5, 0.6) is 0 Å². The van der Waals surface area contributed by atoms with Crippen LogP contribution in [0.15, 0.2) is 59.8 Å². The Morgan fingerprint density at radius 3 is 2.56 bits per heavy atom. The molecule has 0 bridgehead atoms. The van der Waals surface area contributed by atoms with E-state index in [9.17, 15) is 9.18 Å². The average molecular weight is 384 g/mol. The summed E-state index contributed by atoms with van der Waals surface area (Å²) in [6.07, 6.45) is 0.794. The van der Waals surface area contributed by atoms with Crippen molar-refractivity contribution in [2.24, 2.45) is 7.05 Å². The highest BCUT2D eigenvalue weighted by Gasteiger charge is 2.19. The molecule has 0 saturated heterocycles. The minimum Gasteiger partial charge on any atom is -0.355 e. The number of halogens is 1. The molecule has 0 unspecified atom stereocenters. The van der Waals surface area contributed by atoms with Crippen molar-refractivity contribution in [3.8, 4) is 11.4 Å². The molecule has 1 amide bonds. The fourth-order valence-electron chi connectivity index (χ4n) is 2.60. The molecule has 27 heavy (non-hydrogen) atoms. The van der Waals surface area contributed by atoms with Crippen LogP contribution < -0.4 is 5.32 Å². The normalized spacial score (nSPS) is 12.0. The van der Waals surface area contributed by atoms with Crippen LogP contribution in [0.25, 0.3) is 11.4 Å². The molecule has 0 aliphatic rings. The highest BCUT2D eigenvalue weighted by Crippen LogP contribution is 2.25. The minimum atomic E-state index is -0.301. The summed E-state index contributed by atoms with van der Waals surface area (Å²) in [6.45, 7) is 2.43. The summed E-state index contributed by atoms with van der Waals surface area (Å²) in [4.78, 5) is 12.3. The number of hydrogen-bond acceptors (Lipinski definition) is 4. The highest BCUT2D eigenvalue weighted by molar-refractivity contribution is 8.00. The molecule has 3 rings (SSSR count). The van der Waals surface area contributed by atoms with Crippen molar-refractivity contribution in [2.75, 3.05) is 6.54 Å². The van der Waals surface area contributed by atoms with Gasteiger partial charge in [-0.25, -0.2) is 4.39 Å². The van der Waals surface area contributed by atoms with Crippen LogP contribution in [0.1, 0.15) is 12.5 Å². The van der Waals surface area contributed by atoms with Gasteiger partial charge in [-0.1, -0.05) is 42.1 Å². The van der Waals surface area contributed by atoms with Gasteiger partial charge in [0, 0.05) is 19.2 Å². The summed E-state index contributed by atoms with van der Waals surface area (Å²) >= 11 is 1.35. The number of rotatable bonds is 7. The van der Waals surface area contributed by atoms with E-state index in [0.29, 0.717) is 17.5 Å². The number of hydrogen-bond donors (Lipinski definition) is 1. The molecule has 0 radical (unpaired) electrons. The second-order valence-electron chi connectivity index (χ2n) is 6.16. The predicted octanol–water partition coefficient (Wildman–Crippen LogP) is 3.46. The minimum absolute atomic E-state index is 0.0396. The number of amides is 1. The van der Waals surface area contributed by atoms with Crippen molar-refractivity contribution in [3.63, 3.8) is 0 Å². The zero-order valence-electron chi connectivity index (χ0n) is 15.2. The summed E-state index contributed by atoms with van der Waals surface area (Å²) < 4.78 is 14.9. The average Bonchev–Trinajstić information content (AvgIpc) is 3.03. The lowest BCUT2D eigenvalue weighted by molar-refractivity contribution is -0.120. The molecule has 0 fully saturated rings. The zero-order chi connectivity index (χ0) is 19.2. The first-order valence-corrected chi connectivity index (χ1v) is 9.56. The van der Waals surface area contributed by atoms with Crippen LogP contribution in [0.3, 0.4) is 0 Å². The van der Waals surface area contributed by atoms with Crippen LogP contribution in [0, 0.1) is 5.82 Å². The van der Waals surface area contributed by atoms with E-state index in [1.54, 1.807) is 12.1 Å². The number of carbonyl (C=O) groups excluding carboxylic acids is 1. The molecule has 1 atom stereocenters. The number of nitrogens with one attached hydrogen (secondary N) is 1. The summed E-state index contributed by atoms with van der Waals surface area (Å²) in [7, 11) is 1.83. The maximum absolute atomic E-state index is 13.1. The molecule has 2 aromatic carbocycles. The van der Waals surface area contributed by atoms with Gasteiger partial charge in [-0.15, -0.1) is 10.2 Å². The standard InChI is InChI=1S/C20H21FN4OS/c1-14(19(26)22-13-12-15-6-4-3-5-7-15)27-20-24-23-18(25(20)2)16-8-10-17(21)11-9-16/h3-11,14H,12-13H2,1-2H3,(H,22,26)/t14-/m0/s1. The Kier molecular flexibility index (Phi) is 6.24. The van der Waals surface area contributed by atoms with E-state index in [0.717, 1.165) is 12.0 Å². The summed E-state index contributed by atoms with van der Waals surface area (Å²) in [5.41, 5.74) is 1.97. The van der Waals surface area contributed by atoms with Crippen molar-refractivity contribution >= 4 is 17.7 Å². The third kappa shape index (κ3) is 4.95. The maximum atomic E-state index is 13.1. The first kappa shape index (κ1) is 19.1. The van der Waals surface area contributed by atoms with Gasteiger partial charge in [0.2, 0.25) is 5.91 Å². The molecule has 0 spiro atoms. The van der Waals surface area contributed by atoms with E-state index >= 15 is 0 Å².